The number of hydrogen-bond donors (Lipinski definition) is 2. The van der Waals surface area contributed by atoms with E-state index in [0.717, 1.165) is 0 Å². The minimum absolute atomic E-state index is 0.00825. The minimum atomic E-state index is -0.540. The van der Waals surface area contributed by atoms with Crippen molar-refractivity contribution in [1.82, 2.24) is 4.90 Å². The van der Waals surface area contributed by atoms with E-state index in [0.29, 0.717) is 26.4 Å². The smallest absolute Gasteiger partial charge is 0.241 e. The number of nitrogens with one attached hydrogen (secondary N) is 2. The first kappa shape index (κ1) is 20.5. The third-order valence-corrected chi connectivity index (χ3v) is 4.62. The van der Waals surface area contributed by atoms with Crippen molar-refractivity contribution in [2.75, 3.05) is 24.2 Å². The largest absolute Gasteiger partial charge is 0.325 e. The highest BCUT2D eigenvalue weighted by molar-refractivity contribution is 6.39. The van der Waals surface area contributed by atoms with Gasteiger partial charge in [-0.25, -0.2) is 0 Å². The zero-order chi connectivity index (χ0) is 19.3. The molecule has 0 heterocycles. The van der Waals surface area contributed by atoms with Crippen LogP contribution in [0.15, 0.2) is 42.5 Å². The molecule has 2 aromatic rings. The Morgan fingerprint density at radius 3 is 2.27 bits per heavy atom. The molecule has 5 nitrogen and oxygen atoms in total. The molecule has 0 aromatic heterocycles. The van der Waals surface area contributed by atoms with Gasteiger partial charge in [0.25, 0.3) is 0 Å². The lowest BCUT2D eigenvalue weighted by Gasteiger charge is -2.23. The van der Waals surface area contributed by atoms with Crippen molar-refractivity contribution in [3.63, 3.8) is 0 Å². The number of benzene rings is 2. The molecule has 0 unspecified atom stereocenters. The molecule has 2 rings (SSSR count). The molecule has 8 heteroatoms. The second-order valence-corrected chi connectivity index (χ2v) is 6.99. The molecule has 0 aliphatic rings. The van der Waals surface area contributed by atoms with Gasteiger partial charge in [-0.3, -0.25) is 14.5 Å². The maximum atomic E-state index is 12.3. The van der Waals surface area contributed by atoms with Crippen molar-refractivity contribution < 1.29 is 9.59 Å². The SMILES string of the molecule is C[C@@H](C(=O)Nc1cccc(Cl)c1)N(C)CC(=O)Nc1c(Cl)cccc1Cl. The van der Waals surface area contributed by atoms with Crippen LogP contribution in [-0.4, -0.2) is 36.3 Å². The molecular formula is C18H18Cl3N3O2. The fourth-order valence-corrected chi connectivity index (χ4v) is 2.85. The van der Waals surface area contributed by atoms with Gasteiger partial charge in [0.2, 0.25) is 11.8 Å². The summed E-state index contributed by atoms with van der Waals surface area (Å²) < 4.78 is 0. The third kappa shape index (κ3) is 5.61. The van der Waals surface area contributed by atoms with Gasteiger partial charge in [-0.05, 0) is 44.3 Å². The summed E-state index contributed by atoms with van der Waals surface area (Å²) in [5.74, 6) is -0.580. The molecule has 2 N–H and O–H groups in total. The zero-order valence-electron chi connectivity index (χ0n) is 14.2. The van der Waals surface area contributed by atoms with E-state index in [1.807, 2.05) is 0 Å². The number of anilines is 2. The number of rotatable bonds is 6. The zero-order valence-corrected chi connectivity index (χ0v) is 16.5. The molecule has 0 spiro atoms. The number of nitrogens with zero attached hydrogens (tertiary/aromatic N) is 1. The Labute approximate surface area is 167 Å². The Bertz CT molecular complexity index is 794. The van der Waals surface area contributed by atoms with Crippen LogP contribution in [0.5, 0.6) is 0 Å². The minimum Gasteiger partial charge on any atom is -0.325 e. The van der Waals surface area contributed by atoms with E-state index in [2.05, 4.69) is 10.6 Å². The first-order valence-corrected chi connectivity index (χ1v) is 8.92. The second-order valence-electron chi connectivity index (χ2n) is 5.74. The van der Waals surface area contributed by atoms with Crippen LogP contribution in [0, 0.1) is 0 Å². The summed E-state index contributed by atoms with van der Waals surface area (Å²) in [4.78, 5) is 26.2. The van der Waals surface area contributed by atoms with E-state index in [9.17, 15) is 9.59 Å². The monoisotopic (exact) mass is 413 g/mol. The molecule has 0 bridgehead atoms. The van der Waals surface area contributed by atoms with Gasteiger partial charge in [0, 0.05) is 10.7 Å². The van der Waals surface area contributed by atoms with Crippen LogP contribution in [0.2, 0.25) is 15.1 Å². The van der Waals surface area contributed by atoms with Crippen molar-refractivity contribution in [2.45, 2.75) is 13.0 Å². The Morgan fingerprint density at radius 1 is 1.04 bits per heavy atom. The average molecular weight is 415 g/mol. The summed E-state index contributed by atoms with van der Waals surface area (Å²) in [7, 11) is 1.68. The maximum Gasteiger partial charge on any atom is 0.241 e. The Hall–Kier alpha value is -1.79. The molecule has 2 aromatic carbocycles. The van der Waals surface area contributed by atoms with Gasteiger partial charge in [0.05, 0.1) is 28.3 Å². The van der Waals surface area contributed by atoms with Gasteiger partial charge in [-0.1, -0.05) is 46.9 Å². The lowest BCUT2D eigenvalue weighted by atomic mass is 10.2. The van der Waals surface area contributed by atoms with Crippen LogP contribution in [0.25, 0.3) is 0 Å². The topological polar surface area (TPSA) is 61.4 Å². The maximum absolute atomic E-state index is 12.3. The molecule has 1 atom stereocenters. The number of carbonyl (C=O) groups is 2. The van der Waals surface area contributed by atoms with E-state index in [-0.39, 0.29) is 18.4 Å². The summed E-state index contributed by atoms with van der Waals surface area (Å²) in [6.45, 7) is 1.70. The highest BCUT2D eigenvalue weighted by Crippen LogP contribution is 2.29. The summed E-state index contributed by atoms with van der Waals surface area (Å²) in [6, 6.07) is 11.3. The summed E-state index contributed by atoms with van der Waals surface area (Å²) >= 11 is 18.0. The van der Waals surface area contributed by atoms with Gasteiger partial charge in [0.1, 0.15) is 0 Å². The van der Waals surface area contributed by atoms with E-state index >= 15 is 0 Å². The van der Waals surface area contributed by atoms with E-state index in [4.69, 9.17) is 34.8 Å². The molecular weight excluding hydrogens is 397 g/mol. The molecule has 0 radical (unpaired) electrons. The predicted octanol–water partition coefficient (Wildman–Crippen LogP) is 4.54. The van der Waals surface area contributed by atoms with Gasteiger partial charge in [0.15, 0.2) is 0 Å². The van der Waals surface area contributed by atoms with Crippen LogP contribution in [0.4, 0.5) is 11.4 Å². The van der Waals surface area contributed by atoms with Crippen molar-refractivity contribution in [2.24, 2.45) is 0 Å². The number of amides is 2. The van der Waals surface area contributed by atoms with E-state index < -0.39 is 6.04 Å². The van der Waals surface area contributed by atoms with Crippen LogP contribution in [0.1, 0.15) is 6.92 Å². The fraction of sp³-hybridized carbons (Fsp3) is 0.222. The lowest BCUT2D eigenvalue weighted by Crippen LogP contribution is -2.43. The van der Waals surface area contributed by atoms with E-state index in [1.54, 1.807) is 61.3 Å². The number of halogens is 3. The quantitative estimate of drug-likeness (QED) is 0.729. The van der Waals surface area contributed by atoms with Crippen LogP contribution >= 0.6 is 34.8 Å². The molecule has 0 aliphatic heterocycles. The van der Waals surface area contributed by atoms with Crippen LogP contribution < -0.4 is 10.6 Å². The second kappa shape index (κ2) is 9.24. The number of likely N-dealkylation sites (N-methyl/N-ethyl adjacent to an activating group) is 1. The third-order valence-electron chi connectivity index (χ3n) is 3.75. The summed E-state index contributed by atoms with van der Waals surface area (Å²) in [6.07, 6.45) is 0. The summed E-state index contributed by atoms with van der Waals surface area (Å²) in [5.41, 5.74) is 0.945. The standard InChI is InChI=1S/C18H18Cl3N3O2/c1-11(18(26)22-13-6-3-5-12(19)9-13)24(2)10-16(25)23-17-14(20)7-4-8-15(17)21/h3-9,11H,10H2,1-2H3,(H,22,26)(H,23,25)/t11-/m0/s1. The molecule has 0 aliphatic carbocycles. The van der Waals surface area contributed by atoms with Gasteiger partial charge in [-0.15, -0.1) is 0 Å². The van der Waals surface area contributed by atoms with Crippen molar-refractivity contribution >= 4 is 58.0 Å². The molecule has 2 amide bonds. The number of hydrogen-bond acceptors (Lipinski definition) is 3. The highest BCUT2D eigenvalue weighted by Gasteiger charge is 2.21. The molecule has 0 saturated heterocycles. The predicted molar refractivity (Wildman–Crippen MR) is 107 cm³/mol. The first-order valence-electron chi connectivity index (χ1n) is 7.78. The molecule has 0 fully saturated rings. The van der Waals surface area contributed by atoms with Gasteiger partial charge < -0.3 is 10.6 Å². The lowest BCUT2D eigenvalue weighted by molar-refractivity contribution is -0.122. The average Bonchev–Trinajstić information content (AvgIpc) is 2.57. The van der Waals surface area contributed by atoms with Crippen molar-refractivity contribution in [3.8, 4) is 0 Å². The van der Waals surface area contributed by atoms with Crippen molar-refractivity contribution in [3.05, 3.63) is 57.5 Å². The molecule has 0 saturated carbocycles. The van der Waals surface area contributed by atoms with Gasteiger partial charge >= 0.3 is 0 Å². The van der Waals surface area contributed by atoms with Gasteiger partial charge in [-0.2, -0.15) is 0 Å². The molecule has 26 heavy (non-hydrogen) atoms. The summed E-state index contributed by atoms with van der Waals surface area (Å²) in [5, 5.41) is 6.65. The Kier molecular flexibility index (Phi) is 7.29. The Balaban J connectivity index is 1.94. The molecule has 138 valence electrons. The normalized spacial score (nSPS) is 11.9. The number of para-hydroxylation sites is 1. The first-order chi connectivity index (χ1) is 12.3. The van der Waals surface area contributed by atoms with Crippen LogP contribution in [0.3, 0.4) is 0 Å². The van der Waals surface area contributed by atoms with Crippen molar-refractivity contribution in [1.29, 1.82) is 0 Å². The fourth-order valence-electron chi connectivity index (χ4n) is 2.17. The Morgan fingerprint density at radius 2 is 1.65 bits per heavy atom. The highest BCUT2D eigenvalue weighted by atomic mass is 35.5. The number of carbonyl (C=O) groups excluding carboxylic acids is 2. The van der Waals surface area contributed by atoms with Crippen LogP contribution in [-0.2, 0) is 9.59 Å². The van der Waals surface area contributed by atoms with E-state index in [1.165, 1.54) is 0 Å².